The van der Waals surface area contributed by atoms with Crippen LogP contribution < -0.4 is 5.46 Å². The monoisotopic (exact) mass is 272 g/mol. The van der Waals surface area contributed by atoms with Gasteiger partial charge < -0.3 is 9.31 Å². The lowest BCUT2D eigenvalue weighted by molar-refractivity contribution is -0.112. The van der Waals surface area contributed by atoms with Crippen LogP contribution in [0.4, 0.5) is 0 Å². The topological polar surface area (TPSA) is 35.5 Å². The highest BCUT2D eigenvalue weighted by Crippen LogP contribution is 2.36. The zero-order valence-corrected chi connectivity index (χ0v) is 12.8. The average molecular weight is 272 g/mol. The van der Waals surface area contributed by atoms with Gasteiger partial charge in [0, 0.05) is 0 Å². The summed E-state index contributed by atoms with van der Waals surface area (Å²) in [6, 6.07) is 7.82. The van der Waals surface area contributed by atoms with Crippen molar-refractivity contribution in [3.63, 3.8) is 0 Å². The highest BCUT2D eigenvalue weighted by molar-refractivity contribution is 6.63. The fourth-order valence-electron chi connectivity index (χ4n) is 2.05. The summed E-state index contributed by atoms with van der Waals surface area (Å²) in [5.74, 6) is 0.0220. The van der Waals surface area contributed by atoms with Crippen LogP contribution in [0.5, 0.6) is 0 Å². The number of carbonyl (C=O) groups is 1. The summed E-state index contributed by atoms with van der Waals surface area (Å²) in [6.07, 6.45) is 3.37. The van der Waals surface area contributed by atoms with Crippen LogP contribution >= 0.6 is 0 Å². The van der Waals surface area contributed by atoms with Gasteiger partial charge in [0.25, 0.3) is 0 Å². The molecule has 1 aliphatic heterocycles. The maximum Gasteiger partial charge on any atom is 0.495 e. The summed E-state index contributed by atoms with van der Waals surface area (Å²) < 4.78 is 12.1. The van der Waals surface area contributed by atoms with Crippen LogP contribution in [0.1, 0.15) is 40.2 Å². The van der Waals surface area contributed by atoms with Gasteiger partial charge in [0.05, 0.1) is 11.2 Å². The lowest BCUT2D eigenvalue weighted by Crippen LogP contribution is -2.41. The van der Waals surface area contributed by atoms with Crippen molar-refractivity contribution in [3.05, 3.63) is 35.9 Å². The summed E-state index contributed by atoms with van der Waals surface area (Å²) in [6.45, 7) is 9.65. The number of rotatable bonds is 3. The Bertz CT molecular complexity index is 530. The summed E-state index contributed by atoms with van der Waals surface area (Å²) in [5, 5.41) is 0. The van der Waals surface area contributed by atoms with E-state index in [1.165, 1.54) is 6.92 Å². The molecule has 0 aromatic heterocycles. The number of allylic oxidation sites excluding steroid dienone is 1. The lowest BCUT2D eigenvalue weighted by atomic mass is 9.76. The van der Waals surface area contributed by atoms with Crippen LogP contribution in [0, 0.1) is 0 Å². The number of ketones is 1. The van der Waals surface area contributed by atoms with Gasteiger partial charge in [-0.15, -0.1) is 0 Å². The van der Waals surface area contributed by atoms with Gasteiger partial charge in [0.1, 0.15) is 0 Å². The fourth-order valence-corrected chi connectivity index (χ4v) is 2.05. The smallest absolute Gasteiger partial charge is 0.399 e. The number of hydrogen-bond donors (Lipinski definition) is 0. The molecule has 0 radical (unpaired) electrons. The molecule has 0 saturated carbocycles. The molecule has 106 valence electrons. The van der Waals surface area contributed by atoms with Crippen LogP contribution in [0.25, 0.3) is 6.08 Å². The minimum atomic E-state index is -0.409. The van der Waals surface area contributed by atoms with Gasteiger partial charge in [-0.1, -0.05) is 30.3 Å². The van der Waals surface area contributed by atoms with E-state index in [4.69, 9.17) is 9.31 Å². The first kappa shape index (κ1) is 15.0. The van der Waals surface area contributed by atoms with Crippen LogP contribution in [0.15, 0.2) is 30.3 Å². The highest BCUT2D eigenvalue weighted by atomic mass is 16.7. The summed E-state index contributed by atoms with van der Waals surface area (Å²) in [4.78, 5) is 11.1. The average Bonchev–Trinajstić information content (AvgIpc) is 2.56. The van der Waals surface area contributed by atoms with Crippen LogP contribution in [0.2, 0.25) is 0 Å². The molecular weight excluding hydrogens is 251 g/mol. The van der Waals surface area contributed by atoms with E-state index in [1.54, 1.807) is 6.08 Å². The molecule has 1 heterocycles. The molecule has 0 unspecified atom stereocenters. The van der Waals surface area contributed by atoms with Crippen LogP contribution in [-0.2, 0) is 14.1 Å². The molecule has 1 fully saturated rings. The lowest BCUT2D eigenvalue weighted by Gasteiger charge is -2.32. The van der Waals surface area contributed by atoms with E-state index in [2.05, 4.69) is 0 Å². The third kappa shape index (κ3) is 2.86. The molecule has 0 N–H and O–H groups in total. The van der Waals surface area contributed by atoms with Gasteiger partial charge >= 0.3 is 7.12 Å². The third-order valence-corrected chi connectivity index (χ3v) is 4.00. The molecule has 0 atom stereocenters. The standard InChI is InChI=1S/C16H21BO3/c1-12(18)10-11-13-8-6-7-9-14(13)17-19-15(2,3)16(4,5)20-17/h6-11H,1-5H3/b11-10+. The first-order valence-corrected chi connectivity index (χ1v) is 6.86. The summed E-state index contributed by atoms with van der Waals surface area (Å²) >= 11 is 0. The zero-order valence-electron chi connectivity index (χ0n) is 12.8. The molecular formula is C16H21BO3. The maximum atomic E-state index is 11.1. The van der Waals surface area contributed by atoms with Gasteiger partial charge in [-0.3, -0.25) is 4.79 Å². The summed E-state index contributed by atoms with van der Waals surface area (Å²) in [7, 11) is -0.409. The van der Waals surface area contributed by atoms with Crippen LogP contribution in [-0.4, -0.2) is 24.1 Å². The maximum absolute atomic E-state index is 11.1. The Kier molecular flexibility index (Phi) is 3.89. The van der Waals surface area contributed by atoms with E-state index >= 15 is 0 Å². The van der Waals surface area contributed by atoms with E-state index in [0.717, 1.165) is 11.0 Å². The van der Waals surface area contributed by atoms with Crippen molar-refractivity contribution in [1.29, 1.82) is 0 Å². The molecule has 1 saturated heterocycles. The molecule has 3 nitrogen and oxygen atoms in total. The third-order valence-electron chi connectivity index (χ3n) is 4.00. The van der Waals surface area contributed by atoms with Gasteiger partial charge in [-0.2, -0.15) is 0 Å². The Morgan fingerprint density at radius 1 is 1.10 bits per heavy atom. The Labute approximate surface area is 121 Å². The normalized spacial score (nSPS) is 20.6. The van der Waals surface area contributed by atoms with Crippen molar-refractivity contribution < 1.29 is 14.1 Å². The van der Waals surface area contributed by atoms with Gasteiger partial charge in [0.15, 0.2) is 5.78 Å². The molecule has 0 bridgehead atoms. The van der Waals surface area contributed by atoms with Gasteiger partial charge in [-0.25, -0.2) is 0 Å². The second-order valence-electron chi connectivity index (χ2n) is 6.16. The molecule has 2 rings (SSSR count). The van der Waals surface area contributed by atoms with Crippen molar-refractivity contribution >= 4 is 24.4 Å². The first-order chi connectivity index (χ1) is 9.23. The number of benzene rings is 1. The summed E-state index contributed by atoms with van der Waals surface area (Å²) in [5.41, 5.74) is 1.16. The Balaban J connectivity index is 2.33. The molecule has 4 heteroatoms. The molecule has 20 heavy (non-hydrogen) atoms. The minimum absolute atomic E-state index is 0.0220. The van der Waals surface area contributed by atoms with E-state index in [0.29, 0.717) is 0 Å². The fraction of sp³-hybridized carbons (Fsp3) is 0.438. The van der Waals surface area contributed by atoms with Crippen molar-refractivity contribution in [2.24, 2.45) is 0 Å². The van der Waals surface area contributed by atoms with Gasteiger partial charge in [0.2, 0.25) is 0 Å². The molecule has 0 aliphatic carbocycles. The first-order valence-electron chi connectivity index (χ1n) is 6.86. The molecule has 1 aromatic rings. The van der Waals surface area contributed by atoms with Crippen molar-refractivity contribution in [2.45, 2.75) is 45.8 Å². The SMILES string of the molecule is CC(=O)/C=C/c1ccccc1B1OC(C)(C)C(C)(C)O1. The quantitative estimate of drug-likeness (QED) is 0.626. The molecule has 1 aliphatic rings. The van der Waals surface area contributed by atoms with E-state index < -0.39 is 7.12 Å². The Morgan fingerprint density at radius 3 is 2.20 bits per heavy atom. The highest BCUT2D eigenvalue weighted by Gasteiger charge is 2.52. The van der Waals surface area contributed by atoms with E-state index in [1.807, 2.05) is 58.0 Å². The largest absolute Gasteiger partial charge is 0.495 e. The molecule has 0 spiro atoms. The van der Waals surface area contributed by atoms with E-state index in [-0.39, 0.29) is 17.0 Å². The predicted octanol–water partition coefficient (Wildman–Crippen LogP) is 2.59. The predicted molar refractivity (Wildman–Crippen MR) is 81.9 cm³/mol. The van der Waals surface area contributed by atoms with Crippen LogP contribution in [0.3, 0.4) is 0 Å². The molecule has 0 amide bonds. The number of hydrogen-bond acceptors (Lipinski definition) is 3. The Morgan fingerprint density at radius 2 is 1.65 bits per heavy atom. The number of carbonyl (C=O) groups excluding carboxylic acids is 1. The molecule has 1 aromatic carbocycles. The van der Waals surface area contributed by atoms with Crippen molar-refractivity contribution in [3.8, 4) is 0 Å². The second kappa shape index (κ2) is 5.19. The minimum Gasteiger partial charge on any atom is -0.399 e. The van der Waals surface area contributed by atoms with E-state index in [9.17, 15) is 4.79 Å². The van der Waals surface area contributed by atoms with Crippen molar-refractivity contribution in [2.75, 3.05) is 0 Å². The second-order valence-corrected chi connectivity index (χ2v) is 6.16. The zero-order chi connectivity index (χ0) is 15.0. The van der Waals surface area contributed by atoms with Crippen molar-refractivity contribution in [1.82, 2.24) is 0 Å². The van der Waals surface area contributed by atoms with Gasteiger partial charge in [-0.05, 0) is 51.7 Å². The Hall–Kier alpha value is -1.39.